The number of aliphatic hydroxyl groups is 2. The summed E-state index contributed by atoms with van der Waals surface area (Å²) in [5.74, 6) is -0.564. The van der Waals surface area contributed by atoms with Gasteiger partial charge in [0.1, 0.15) is 6.10 Å². The van der Waals surface area contributed by atoms with E-state index in [1.165, 1.54) is 7.11 Å². The van der Waals surface area contributed by atoms with Crippen LogP contribution in [-0.4, -0.2) is 29.4 Å². The molecule has 1 aromatic rings. The second-order valence-electron chi connectivity index (χ2n) is 4.36. The SMILES string of the molecule is COC(=O)CC(O)C(O)c1cc(C)c(N)c(C)c1. The predicted octanol–water partition coefficient (Wildman–Crippen LogP) is 0.843. The summed E-state index contributed by atoms with van der Waals surface area (Å²) in [6, 6.07) is 3.40. The van der Waals surface area contributed by atoms with Gasteiger partial charge in [0.25, 0.3) is 0 Å². The molecular formula is C13H19NO4. The Balaban J connectivity index is 2.90. The van der Waals surface area contributed by atoms with E-state index in [4.69, 9.17) is 5.73 Å². The Hall–Kier alpha value is -1.59. The normalized spacial score (nSPS) is 14.1. The van der Waals surface area contributed by atoms with E-state index in [2.05, 4.69) is 4.74 Å². The second-order valence-corrected chi connectivity index (χ2v) is 4.36. The van der Waals surface area contributed by atoms with Crippen molar-refractivity contribution >= 4 is 11.7 Å². The number of aryl methyl sites for hydroxylation is 2. The first kappa shape index (κ1) is 14.5. The summed E-state index contributed by atoms with van der Waals surface area (Å²) in [7, 11) is 1.24. The number of carbonyl (C=O) groups excluding carboxylic acids is 1. The van der Waals surface area contributed by atoms with Crippen LogP contribution in [0.5, 0.6) is 0 Å². The molecule has 0 aliphatic carbocycles. The Morgan fingerprint density at radius 3 is 2.28 bits per heavy atom. The van der Waals surface area contributed by atoms with Gasteiger partial charge in [0.2, 0.25) is 0 Å². The van der Waals surface area contributed by atoms with Gasteiger partial charge in [-0.3, -0.25) is 4.79 Å². The summed E-state index contributed by atoms with van der Waals surface area (Å²) in [5.41, 5.74) is 8.67. The van der Waals surface area contributed by atoms with Crippen LogP contribution in [0.2, 0.25) is 0 Å². The van der Waals surface area contributed by atoms with Gasteiger partial charge in [0, 0.05) is 5.69 Å². The molecule has 0 amide bonds. The highest BCUT2D eigenvalue weighted by Gasteiger charge is 2.22. The maximum Gasteiger partial charge on any atom is 0.308 e. The van der Waals surface area contributed by atoms with Crippen LogP contribution in [0.3, 0.4) is 0 Å². The van der Waals surface area contributed by atoms with Crippen molar-refractivity contribution in [1.82, 2.24) is 0 Å². The number of ether oxygens (including phenoxy) is 1. The minimum Gasteiger partial charge on any atom is -0.469 e. The standard InChI is InChI=1S/C13H19NO4/c1-7-4-9(5-8(2)12(7)14)13(17)10(15)6-11(16)18-3/h4-5,10,13,15,17H,6,14H2,1-3H3. The molecule has 4 N–H and O–H groups in total. The molecule has 2 atom stereocenters. The van der Waals surface area contributed by atoms with Gasteiger partial charge in [0.15, 0.2) is 0 Å². The third-order valence-corrected chi connectivity index (χ3v) is 2.93. The summed E-state index contributed by atoms with van der Waals surface area (Å²) in [6.07, 6.45) is -2.58. The van der Waals surface area contributed by atoms with Crippen molar-refractivity contribution in [3.63, 3.8) is 0 Å². The third-order valence-electron chi connectivity index (χ3n) is 2.93. The number of aliphatic hydroxyl groups excluding tert-OH is 2. The van der Waals surface area contributed by atoms with Gasteiger partial charge in [-0.05, 0) is 30.5 Å². The molecule has 18 heavy (non-hydrogen) atoms. The smallest absolute Gasteiger partial charge is 0.308 e. The quantitative estimate of drug-likeness (QED) is 0.546. The van der Waals surface area contributed by atoms with Crippen LogP contribution in [-0.2, 0) is 9.53 Å². The minimum absolute atomic E-state index is 0.250. The molecule has 100 valence electrons. The highest BCUT2D eigenvalue weighted by molar-refractivity contribution is 5.69. The van der Waals surface area contributed by atoms with Gasteiger partial charge in [-0.25, -0.2) is 0 Å². The fraction of sp³-hybridized carbons (Fsp3) is 0.462. The first-order valence-corrected chi connectivity index (χ1v) is 5.66. The zero-order valence-electron chi connectivity index (χ0n) is 10.8. The average Bonchev–Trinajstić information content (AvgIpc) is 2.33. The van der Waals surface area contributed by atoms with Crippen LogP contribution >= 0.6 is 0 Å². The second kappa shape index (κ2) is 5.84. The first-order chi connectivity index (χ1) is 8.36. The van der Waals surface area contributed by atoms with E-state index in [0.29, 0.717) is 11.3 Å². The van der Waals surface area contributed by atoms with Crippen molar-refractivity contribution in [3.05, 3.63) is 28.8 Å². The van der Waals surface area contributed by atoms with Crippen molar-refractivity contribution in [3.8, 4) is 0 Å². The van der Waals surface area contributed by atoms with Crippen molar-refractivity contribution in [2.75, 3.05) is 12.8 Å². The van der Waals surface area contributed by atoms with Crippen molar-refractivity contribution in [2.45, 2.75) is 32.5 Å². The van der Waals surface area contributed by atoms with Crippen LogP contribution in [0, 0.1) is 13.8 Å². The number of nitrogen functional groups attached to an aromatic ring is 1. The van der Waals surface area contributed by atoms with Gasteiger partial charge >= 0.3 is 5.97 Å². The van der Waals surface area contributed by atoms with Crippen LogP contribution in [0.15, 0.2) is 12.1 Å². The molecule has 1 rings (SSSR count). The van der Waals surface area contributed by atoms with Gasteiger partial charge < -0.3 is 20.7 Å². The monoisotopic (exact) mass is 253 g/mol. The molecule has 5 heteroatoms. The molecule has 0 aromatic heterocycles. The molecule has 0 spiro atoms. The van der Waals surface area contributed by atoms with E-state index >= 15 is 0 Å². The topological polar surface area (TPSA) is 92.8 Å². The van der Waals surface area contributed by atoms with E-state index < -0.39 is 18.2 Å². The molecule has 5 nitrogen and oxygen atoms in total. The van der Waals surface area contributed by atoms with E-state index in [-0.39, 0.29) is 6.42 Å². The molecule has 2 unspecified atom stereocenters. The van der Waals surface area contributed by atoms with Crippen LogP contribution < -0.4 is 5.73 Å². The van der Waals surface area contributed by atoms with Gasteiger partial charge in [0.05, 0.1) is 19.6 Å². The molecule has 0 saturated heterocycles. The summed E-state index contributed by atoms with van der Waals surface area (Å²) in [4.78, 5) is 11.0. The van der Waals surface area contributed by atoms with E-state index in [1.807, 2.05) is 13.8 Å². The number of nitrogens with two attached hydrogens (primary N) is 1. The van der Waals surface area contributed by atoms with Gasteiger partial charge in [-0.15, -0.1) is 0 Å². The number of hydrogen-bond acceptors (Lipinski definition) is 5. The minimum atomic E-state index is -1.19. The van der Waals surface area contributed by atoms with Gasteiger partial charge in [-0.1, -0.05) is 12.1 Å². The van der Waals surface area contributed by atoms with Crippen LogP contribution in [0.25, 0.3) is 0 Å². The molecule has 1 aromatic carbocycles. The highest BCUT2D eigenvalue weighted by atomic mass is 16.5. The Kier molecular flexibility index (Phi) is 4.69. The molecular weight excluding hydrogens is 234 g/mol. The molecule has 0 saturated carbocycles. The lowest BCUT2D eigenvalue weighted by molar-refractivity contribution is -0.144. The van der Waals surface area contributed by atoms with E-state index in [0.717, 1.165) is 11.1 Å². The lowest BCUT2D eigenvalue weighted by atomic mass is 9.97. The number of hydrogen-bond donors (Lipinski definition) is 3. The lowest BCUT2D eigenvalue weighted by Crippen LogP contribution is -2.22. The zero-order chi connectivity index (χ0) is 13.9. The van der Waals surface area contributed by atoms with Crippen molar-refractivity contribution < 1.29 is 19.7 Å². The number of rotatable bonds is 4. The molecule has 0 aliphatic rings. The van der Waals surface area contributed by atoms with Crippen LogP contribution in [0.1, 0.15) is 29.2 Å². The Bertz CT molecular complexity index is 422. The molecule has 0 heterocycles. The maximum absolute atomic E-state index is 11.0. The first-order valence-electron chi connectivity index (χ1n) is 5.66. The number of anilines is 1. The summed E-state index contributed by atoms with van der Waals surface area (Å²) in [6.45, 7) is 3.65. The molecule has 0 bridgehead atoms. The predicted molar refractivity (Wildman–Crippen MR) is 67.9 cm³/mol. The molecule has 0 fully saturated rings. The summed E-state index contributed by atoms with van der Waals surface area (Å²) in [5, 5.41) is 19.7. The number of esters is 1. The fourth-order valence-corrected chi connectivity index (χ4v) is 1.77. The summed E-state index contributed by atoms with van der Waals surface area (Å²) < 4.78 is 4.44. The largest absolute Gasteiger partial charge is 0.469 e. The number of methoxy groups -OCH3 is 1. The maximum atomic E-state index is 11.0. The van der Waals surface area contributed by atoms with E-state index in [9.17, 15) is 15.0 Å². The van der Waals surface area contributed by atoms with Crippen molar-refractivity contribution in [2.24, 2.45) is 0 Å². The molecule has 0 radical (unpaired) electrons. The van der Waals surface area contributed by atoms with Crippen LogP contribution in [0.4, 0.5) is 5.69 Å². The Labute approximate surface area is 106 Å². The third kappa shape index (κ3) is 3.21. The van der Waals surface area contributed by atoms with E-state index in [1.54, 1.807) is 12.1 Å². The lowest BCUT2D eigenvalue weighted by Gasteiger charge is -2.19. The Morgan fingerprint density at radius 1 is 1.33 bits per heavy atom. The highest BCUT2D eigenvalue weighted by Crippen LogP contribution is 2.25. The Morgan fingerprint density at radius 2 is 1.83 bits per heavy atom. The average molecular weight is 253 g/mol. The zero-order valence-corrected chi connectivity index (χ0v) is 10.8. The van der Waals surface area contributed by atoms with Gasteiger partial charge in [-0.2, -0.15) is 0 Å². The number of carbonyl (C=O) groups is 1. The van der Waals surface area contributed by atoms with Crippen molar-refractivity contribution in [1.29, 1.82) is 0 Å². The molecule has 0 aliphatic heterocycles. The fourth-order valence-electron chi connectivity index (χ4n) is 1.77. The summed E-state index contributed by atoms with van der Waals surface area (Å²) >= 11 is 0. The number of benzene rings is 1.